The van der Waals surface area contributed by atoms with Crippen LogP contribution < -0.4 is 5.32 Å². The van der Waals surface area contributed by atoms with Gasteiger partial charge in [0.1, 0.15) is 0 Å². The van der Waals surface area contributed by atoms with Crippen LogP contribution >= 0.6 is 0 Å². The maximum Gasteiger partial charge on any atom is 0.0300 e. The average Bonchev–Trinajstić information content (AvgIpc) is 2.87. The average molecular weight is 245 g/mol. The van der Waals surface area contributed by atoms with Crippen molar-refractivity contribution in [1.29, 1.82) is 0 Å². The first kappa shape index (κ1) is 12.1. The second kappa shape index (κ2) is 5.81. The lowest BCUT2D eigenvalue weighted by Crippen LogP contribution is -2.46. The highest BCUT2D eigenvalue weighted by molar-refractivity contribution is 5.08. The maximum atomic E-state index is 4.16. The van der Waals surface area contributed by atoms with Crippen LogP contribution in [0.1, 0.15) is 31.2 Å². The van der Waals surface area contributed by atoms with Crippen LogP contribution in [0.25, 0.3) is 0 Å². The molecule has 0 saturated carbocycles. The Morgan fingerprint density at radius 2 is 2.33 bits per heavy atom. The van der Waals surface area contributed by atoms with E-state index in [-0.39, 0.29) is 0 Å². The van der Waals surface area contributed by atoms with E-state index >= 15 is 0 Å². The number of nitrogens with one attached hydrogen (secondary N) is 1. The van der Waals surface area contributed by atoms with Crippen molar-refractivity contribution in [1.82, 2.24) is 15.2 Å². The number of rotatable bonds is 4. The Hall–Kier alpha value is -0.930. The molecule has 18 heavy (non-hydrogen) atoms. The van der Waals surface area contributed by atoms with Crippen molar-refractivity contribution in [2.24, 2.45) is 0 Å². The minimum absolute atomic E-state index is 0.737. The second-order valence-corrected chi connectivity index (χ2v) is 5.62. The van der Waals surface area contributed by atoms with Gasteiger partial charge in [-0.1, -0.05) is 6.07 Å². The number of nitrogens with zero attached hydrogens (tertiary/aromatic N) is 2. The van der Waals surface area contributed by atoms with Gasteiger partial charge in [-0.2, -0.15) is 0 Å². The predicted molar refractivity (Wildman–Crippen MR) is 73.6 cm³/mol. The number of piperidine rings is 1. The fourth-order valence-corrected chi connectivity index (χ4v) is 3.38. The van der Waals surface area contributed by atoms with Crippen LogP contribution in [0.3, 0.4) is 0 Å². The Balaban J connectivity index is 1.41. The van der Waals surface area contributed by atoms with E-state index in [1.54, 1.807) is 0 Å². The van der Waals surface area contributed by atoms with Crippen molar-refractivity contribution in [3.63, 3.8) is 0 Å². The highest BCUT2D eigenvalue weighted by atomic mass is 15.2. The van der Waals surface area contributed by atoms with E-state index in [2.05, 4.69) is 21.3 Å². The largest absolute Gasteiger partial charge is 0.314 e. The van der Waals surface area contributed by atoms with E-state index in [4.69, 9.17) is 0 Å². The van der Waals surface area contributed by atoms with E-state index in [0.717, 1.165) is 25.0 Å². The first-order chi connectivity index (χ1) is 8.92. The van der Waals surface area contributed by atoms with Crippen molar-refractivity contribution < 1.29 is 0 Å². The third-order valence-corrected chi connectivity index (χ3v) is 4.39. The van der Waals surface area contributed by atoms with Gasteiger partial charge in [0.2, 0.25) is 0 Å². The van der Waals surface area contributed by atoms with Gasteiger partial charge in [0.25, 0.3) is 0 Å². The van der Waals surface area contributed by atoms with E-state index in [1.165, 1.54) is 44.3 Å². The molecule has 0 aliphatic carbocycles. The lowest BCUT2D eigenvalue weighted by molar-refractivity contribution is 0.167. The Morgan fingerprint density at radius 3 is 3.22 bits per heavy atom. The predicted octanol–water partition coefficient (Wildman–Crippen LogP) is 1.84. The van der Waals surface area contributed by atoms with E-state index < -0.39 is 0 Å². The fourth-order valence-electron chi connectivity index (χ4n) is 3.38. The Bertz CT molecular complexity index is 365. The molecule has 0 amide bonds. The maximum absolute atomic E-state index is 4.16. The molecule has 3 heteroatoms. The second-order valence-electron chi connectivity index (χ2n) is 5.62. The summed E-state index contributed by atoms with van der Waals surface area (Å²) >= 11 is 0. The molecule has 3 nitrogen and oxygen atoms in total. The summed E-state index contributed by atoms with van der Waals surface area (Å²) in [5, 5.41) is 3.73. The highest BCUT2D eigenvalue weighted by Crippen LogP contribution is 2.26. The monoisotopic (exact) mass is 245 g/mol. The summed E-state index contributed by atoms with van der Waals surface area (Å²) < 4.78 is 0. The summed E-state index contributed by atoms with van der Waals surface area (Å²) in [4.78, 5) is 6.84. The van der Waals surface area contributed by atoms with Gasteiger partial charge in [0, 0.05) is 24.5 Å². The van der Waals surface area contributed by atoms with Crippen LogP contribution in [-0.2, 0) is 6.42 Å². The molecule has 2 atom stereocenters. The van der Waals surface area contributed by atoms with Crippen LogP contribution in [0, 0.1) is 0 Å². The van der Waals surface area contributed by atoms with E-state index in [0.29, 0.717) is 0 Å². The van der Waals surface area contributed by atoms with Crippen LogP contribution in [0.15, 0.2) is 24.5 Å². The molecular weight excluding hydrogens is 222 g/mol. The normalized spacial score (nSPS) is 28.2. The highest BCUT2D eigenvalue weighted by Gasteiger charge is 2.31. The molecule has 0 aromatic carbocycles. The number of hydrogen-bond acceptors (Lipinski definition) is 3. The molecule has 0 bridgehead atoms. The third-order valence-electron chi connectivity index (χ3n) is 4.39. The van der Waals surface area contributed by atoms with E-state index in [9.17, 15) is 0 Å². The molecular formula is C15H23N3. The van der Waals surface area contributed by atoms with Crippen molar-refractivity contribution >= 4 is 0 Å². The fraction of sp³-hybridized carbons (Fsp3) is 0.667. The topological polar surface area (TPSA) is 28.2 Å². The van der Waals surface area contributed by atoms with Gasteiger partial charge in [-0.25, -0.2) is 0 Å². The van der Waals surface area contributed by atoms with Gasteiger partial charge >= 0.3 is 0 Å². The lowest BCUT2D eigenvalue weighted by atomic mass is 9.97. The van der Waals surface area contributed by atoms with Crippen molar-refractivity contribution in [3.05, 3.63) is 30.1 Å². The first-order valence-corrected chi connectivity index (χ1v) is 7.28. The molecule has 3 rings (SSSR count). The van der Waals surface area contributed by atoms with Crippen LogP contribution in [-0.4, -0.2) is 41.6 Å². The SMILES string of the molecule is c1cncc(CCNC2CCN3CCCC3C2)c1. The zero-order chi connectivity index (χ0) is 12.2. The van der Waals surface area contributed by atoms with E-state index in [1.807, 2.05) is 18.5 Å². The lowest BCUT2D eigenvalue weighted by Gasteiger charge is -2.35. The standard InChI is InChI=1S/C15H23N3/c1-3-13(12-16-7-1)5-8-17-14-6-10-18-9-2-4-15(18)11-14/h1,3,7,12,14-15,17H,2,4-6,8-11H2. The van der Waals surface area contributed by atoms with Gasteiger partial charge < -0.3 is 10.2 Å². The molecule has 1 aromatic rings. The number of pyridine rings is 1. The van der Waals surface area contributed by atoms with Crippen LogP contribution in [0.2, 0.25) is 0 Å². The zero-order valence-electron chi connectivity index (χ0n) is 11.0. The zero-order valence-corrected chi connectivity index (χ0v) is 11.0. The molecule has 0 radical (unpaired) electrons. The number of hydrogen-bond donors (Lipinski definition) is 1. The molecule has 1 N–H and O–H groups in total. The Labute approximate surface area is 110 Å². The summed E-state index contributed by atoms with van der Waals surface area (Å²) in [6.07, 6.45) is 10.4. The molecule has 0 spiro atoms. The van der Waals surface area contributed by atoms with Crippen molar-refractivity contribution in [2.75, 3.05) is 19.6 Å². The van der Waals surface area contributed by atoms with Gasteiger partial charge in [-0.15, -0.1) is 0 Å². The number of fused-ring (bicyclic) bond motifs is 1. The van der Waals surface area contributed by atoms with Crippen LogP contribution in [0.4, 0.5) is 0 Å². The molecule has 3 heterocycles. The minimum Gasteiger partial charge on any atom is -0.314 e. The number of aromatic nitrogens is 1. The molecule has 2 unspecified atom stereocenters. The first-order valence-electron chi connectivity index (χ1n) is 7.28. The molecule has 2 aliphatic rings. The van der Waals surface area contributed by atoms with Crippen molar-refractivity contribution in [3.8, 4) is 0 Å². The summed E-state index contributed by atoms with van der Waals surface area (Å²) in [7, 11) is 0. The molecule has 2 fully saturated rings. The molecule has 2 aliphatic heterocycles. The minimum atomic E-state index is 0.737. The van der Waals surface area contributed by atoms with Crippen molar-refractivity contribution in [2.45, 2.75) is 44.2 Å². The third kappa shape index (κ3) is 2.90. The van der Waals surface area contributed by atoms with Gasteiger partial charge in [-0.3, -0.25) is 4.98 Å². The Kier molecular flexibility index (Phi) is 3.91. The van der Waals surface area contributed by atoms with Gasteiger partial charge in [0.05, 0.1) is 0 Å². The molecule has 1 aromatic heterocycles. The summed E-state index contributed by atoms with van der Waals surface area (Å²) in [5.74, 6) is 0. The summed E-state index contributed by atoms with van der Waals surface area (Å²) in [6, 6.07) is 5.79. The smallest absolute Gasteiger partial charge is 0.0300 e. The van der Waals surface area contributed by atoms with Crippen LogP contribution in [0.5, 0.6) is 0 Å². The van der Waals surface area contributed by atoms with Gasteiger partial charge in [-0.05, 0) is 63.4 Å². The molecule has 2 saturated heterocycles. The quantitative estimate of drug-likeness (QED) is 0.877. The molecule has 98 valence electrons. The summed E-state index contributed by atoms with van der Waals surface area (Å²) in [6.45, 7) is 3.73. The summed E-state index contributed by atoms with van der Waals surface area (Å²) in [5.41, 5.74) is 1.34. The Morgan fingerprint density at radius 1 is 1.33 bits per heavy atom. The van der Waals surface area contributed by atoms with Gasteiger partial charge in [0.15, 0.2) is 0 Å².